The molecule has 1 saturated heterocycles. The summed E-state index contributed by atoms with van der Waals surface area (Å²) in [7, 11) is 1.73. The zero-order valence-electron chi connectivity index (χ0n) is 22.5. The van der Waals surface area contributed by atoms with Gasteiger partial charge in [0.05, 0.1) is 11.5 Å². The van der Waals surface area contributed by atoms with E-state index in [1.165, 1.54) is 11.3 Å². The number of likely N-dealkylation sites (N-methyl/N-ethyl adjacent to an activating group) is 1. The van der Waals surface area contributed by atoms with Gasteiger partial charge in [0.15, 0.2) is 0 Å². The van der Waals surface area contributed by atoms with Crippen LogP contribution in [0.3, 0.4) is 0 Å². The Morgan fingerprint density at radius 3 is 2.44 bits per heavy atom. The van der Waals surface area contributed by atoms with Gasteiger partial charge in [0, 0.05) is 42.4 Å². The Kier molecular flexibility index (Phi) is 7.75. The molecule has 9 heteroatoms. The molecule has 0 radical (unpaired) electrons. The summed E-state index contributed by atoms with van der Waals surface area (Å²) < 4.78 is 6.23. The molecular weight excluding hydrogens is 602 g/mol. The second-order valence-corrected chi connectivity index (χ2v) is 12.0. The van der Waals surface area contributed by atoms with E-state index in [0.29, 0.717) is 36.7 Å². The third-order valence-electron chi connectivity index (χ3n) is 7.65. The quantitative estimate of drug-likeness (QED) is 0.281. The van der Waals surface area contributed by atoms with Gasteiger partial charge >= 0.3 is 0 Å². The lowest BCUT2D eigenvalue weighted by Crippen LogP contribution is -2.53. The lowest BCUT2D eigenvalue weighted by molar-refractivity contribution is -0.125. The molecule has 0 unspecified atom stereocenters. The number of amides is 3. The molecule has 7 nitrogen and oxygen atoms in total. The summed E-state index contributed by atoms with van der Waals surface area (Å²) in [5, 5.41) is 1.98. The fourth-order valence-electron chi connectivity index (χ4n) is 5.34. The summed E-state index contributed by atoms with van der Waals surface area (Å²) in [4.78, 5) is 45.8. The second kappa shape index (κ2) is 11.6. The Labute approximate surface area is 251 Å². The number of halogens is 1. The molecule has 0 saturated carbocycles. The SMILES string of the molecule is CN(C(=O)[C@@H]1Cc2ccccc2CN1C(=O)c1cc(-c2ccc(Br)cc2)cs1)c1ccc(N2CCOCC2=O)cc1. The molecule has 6 rings (SSSR count). The van der Waals surface area contributed by atoms with Crippen molar-refractivity contribution in [3.63, 3.8) is 0 Å². The molecule has 0 bridgehead atoms. The number of benzene rings is 3. The van der Waals surface area contributed by atoms with Crippen molar-refractivity contribution in [3.8, 4) is 11.1 Å². The van der Waals surface area contributed by atoms with Gasteiger partial charge in [-0.1, -0.05) is 52.3 Å². The van der Waals surface area contributed by atoms with E-state index in [1.807, 2.05) is 84.2 Å². The minimum absolute atomic E-state index is 0.0714. The number of hydrogen-bond donors (Lipinski definition) is 0. The lowest BCUT2D eigenvalue weighted by Gasteiger charge is -2.37. The van der Waals surface area contributed by atoms with Crippen molar-refractivity contribution in [3.05, 3.63) is 105 Å². The van der Waals surface area contributed by atoms with Gasteiger partial charge in [-0.25, -0.2) is 0 Å². The van der Waals surface area contributed by atoms with Gasteiger partial charge in [-0.15, -0.1) is 11.3 Å². The third-order valence-corrected chi connectivity index (χ3v) is 9.09. The van der Waals surface area contributed by atoms with Crippen LogP contribution in [0.5, 0.6) is 0 Å². The normalized spacial score (nSPS) is 16.8. The molecule has 2 aliphatic rings. The van der Waals surface area contributed by atoms with Crippen LogP contribution in [0.2, 0.25) is 0 Å². The van der Waals surface area contributed by atoms with Gasteiger partial charge in [-0.2, -0.15) is 0 Å². The fraction of sp³-hybridized carbons (Fsp3) is 0.219. The first-order chi connectivity index (χ1) is 19.9. The van der Waals surface area contributed by atoms with Crippen LogP contribution >= 0.6 is 27.3 Å². The van der Waals surface area contributed by atoms with E-state index >= 15 is 0 Å². The average Bonchev–Trinajstić information content (AvgIpc) is 3.50. The maximum atomic E-state index is 14.0. The molecular formula is C32H28BrN3O4S. The number of rotatable bonds is 5. The van der Waals surface area contributed by atoms with Crippen molar-refractivity contribution in [2.24, 2.45) is 0 Å². The summed E-state index contributed by atoms with van der Waals surface area (Å²) >= 11 is 4.87. The molecule has 1 aromatic heterocycles. The number of hydrogen-bond acceptors (Lipinski definition) is 5. The molecule has 2 aliphatic heterocycles. The number of thiophene rings is 1. The molecule has 3 heterocycles. The molecule has 1 atom stereocenters. The van der Waals surface area contributed by atoms with E-state index in [1.54, 1.807) is 21.7 Å². The minimum atomic E-state index is -0.652. The van der Waals surface area contributed by atoms with Crippen LogP contribution in [-0.4, -0.2) is 55.5 Å². The van der Waals surface area contributed by atoms with Gasteiger partial charge in [0.1, 0.15) is 12.6 Å². The van der Waals surface area contributed by atoms with Crippen molar-refractivity contribution in [2.45, 2.75) is 19.0 Å². The second-order valence-electron chi connectivity index (χ2n) is 10.1. The summed E-state index contributed by atoms with van der Waals surface area (Å²) in [5.74, 6) is -0.395. The number of carbonyl (C=O) groups is 3. The van der Waals surface area contributed by atoms with Gasteiger partial charge in [-0.05, 0) is 70.1 Å². The first-order valence-corrected chi connectivity index (χ1v) is 15.0. The first-order valence-electron chi connectivity index (χ1n) is 13.4. The topological polar surface area (TPSA) is 70.2 Å². The first kappa shape index (κ1) is 27.4. The van der Waals surface area contributed by atoms with Crippen LogP contribution in [-0.2, 0) is 27.3 Å². The van der Waals surface area contributed by atoms with Gasteiger partial charge in [0.25, 0.3) is 11.8 Å². The zero-order chi connectivity index (χ0) is 28.5. The molecule has 0 aliphatic carbocycles. The van der Waals surface area contributed by atoms with E-state index < -0.39 is 6.04 Å². The van der Waals surface area contributed by atoms with E-state index in [-0.39, 0.29) is 24.3 Å². The number of carbonyl (C=O) groups excluding carboxylic acids is 3. The summed E-state index contributed by atoms with van der Waals surface area (Å²) in [6.07, 6.45) is 0.441. The van der Waals surface area contributed by atoms with Crippen LogP contribution < -0.4 is 9.80 Å². The number of morpholine rings is 1. The summed E-state index contributed by atoms with van der Waals surface area (Å²) in [6.45, 7) is 1.43. The zero-order valence-corrected chi connectivity index (χ0v) is 24.9. The largest absolute Gasteiger partial charge is 0.370 e. The molecule has 208 valence electrons. The Morgan fingerprint density at radius 2 is 1.71 bits per heavy atom. The Hall–Kier alpha value is -3.79. The molecule has 1 fully saturated rings. The fourth-order valence-corrected chi connectivity index (χ4v) is 6.47. The molecule has 41 heavy (non-hydrogen) atoms. The van der Waals surface area contributed by atoms with E-state index in [0.717, 1.165) is 32.4 Å². The molecule has 3 amide bonds. The van der Waals surface area contributed by atoms with Crippen LogP contribution in [0.15, 0.2) is 88.7 Å². The van der Waals surface area contributed by atoms with Crippen LogP contribution in [0.25, 0.3) is 11.1 Å². The molecule has 4 aromatic rings. The highest BCUT2D eigenvalue weighted by Crippen LogP contribution is 2.32. The lowest BCUT2D eigenvalue weighted by atomic mass is 9.93. The molecule has 0 N–H and O–H groups in total. The van der Waals surface area contributed by atoms with E-state index in [4.69, 9.17) is 4.74 Å². The minimum Gasteiger partial charge on any atom is -0.370 e. The Morgan fingerprint density at radius 1 is 0.976 bits per heavy atom. The maximum Gasteiger partial charge on any atom is 0.264 e. The van der Waals surface area contributed by atoms with Crippen LogP contribution in [0, 0.1) is 0 Å². The van der Waals surface area contributed by atoms with Crippen LogP contribution in [0.4, 0.5) is 11.4 Å². The highest BCUT2D eigenvalue weighted by atomic mass is 79.9. The average molecular weight is 631 g/mol. The third kappa shape index (κ3) is 5.57. The van der Waals surface area contributed by atoms with Crippen LogP contribution in [0.1, 0.15) is 20.8 Å². The Bertz CT molecular complexity index is 1600. The highest BCUT2D eigenvalue weighted by Gasteiger charge is 2.37. The van der Waals surface area contributed by atoms with Crippen molar-refractivity contribution < 1.29 is 19.1 Å². The summed E-state index contributed by atoms with van der Waals surface area (Å²) in [6, 6.07) is 24.6. The van der Waals surface area contributed by atoms with E-state index in [9.17, 15) is 14.4 Å². The highest BCUT2D eigenvalue weighted by molar-refractivity contribution is 9.10. The van der Waals surface area contributed by atoms with Crippen molar-refractivity contribution in [1.29, 1.82) is 0 Å². The predicted molar refractivity (Wildman–Crippen MR) is 164 cm³/mol. The maximum absolute atomic E-state index is 14.0. The number of anilines is 2. The summed E-state index contributed by atoms with van der Waals surface area (Å²) in [5.41, 5.74) is 5.59. The van der Waals surface area contributed by atoms with Crippen molar-refractivity contribution >= 4 is 56.4 Å². The van der Waals surface area contributed by atoms with E-state index in [2.05, 4.69) is 15.9 Å². The smallest absolute Gasteiger partial charge is 0.264 e. The molecule has 3 aromatic carbocycles. The molecule has 0 spiro atoms. The standard InChI is InChI=1S/C32H28BrN3O4S/c1-34(26-10-12-27(13-11-26)35-14-15-40-19-30(35)37)31(38)28-16-22-4-2-3-5-23(22)18-36(28)32(39)29-17-24(20-41-29)21-6-8-25(33)9-7-21/h2-13,17,20,28H,14-16,18-19H2,1H3/t28-/m0/s1. The monoisotopic (exact) mass is 629 g/mol. The predicted octanol–water partition coefficient (Wildman–Crippen LogP) is 5.77. The van der Waals surface area contributed by atoms with Gasteiger partial charge < -0.3 is 19.4 Å². The number of ether oxygens (including phenoxy) is 1. The number of nitrogens with zero attached hydrogens (tertiary/aromatic N) is 3. The van der Waals surface area contributed by atoms with Crippen molar-refractivity contribution in [2.75, 3.05) is 36.6 Å². The van der Waals surface area contributed by atoms with Gasteiger partial charge in [0.2, 0.25) is 5.91 Å². The number of fused-ring (bicyclic) bond motifs is 1. The Balaban J connectivity index is 1.26. The van der Waals surface area contributed by atoms with Gasteiger partial charge in [-0.3, -0.25) is 14.4 Å². The van der Waals surface area contributed by atoms with Crippen molar-refractivity contribution in [1.82, 2.24) is 4.90 Å².